The number of nitrogens with zero attached hydrogens (tertiary/aromatic N) is 2. The molecule has 0 aliphatic heterocycles. The van der Waals surface area contributed by atoms with Crippen LogP contribution >= 0.6 is 27.7 Å². The van der Waals surface area contributed by atoms with Crippen LogP contribution in [0.15, 0.2) is 33.6 Å². The van der Waals surface area contributed by atoms with Crippen molar-refractivity contribution in [2.45, 2.75) is 24.3 Å². The predicted octanol–water partition coefficient (Wildman–Crippen LogP) is 2.80. The number of hydrogen-bond donors (Lipinski definition) is 2. The molecule has 0 spiro atoms. The van der Waals surface area contributed by atoms with E-state index in [0.717, 1.165) is 32.9 Å². The molecule has 7 heteroatoms. The van der Waals surface area contributed by atoms with Crippen LogP contribution in [-0.2, 0) is 13.5 Å². The van der Waals surface area contributed by atoms with Crippen molar-refractivity contribution in [3.05, 3.63) is 45.9 Å². The molecule has 0 amide bonds. The normalized spacial score (nSPS) is 12.6. The minimum Gasteiger partial charge on any atom is -0.271 e. The van der Waals surface area contributed by atoms with E-state index in [-0.39, 0.29) is 11.9 Å². The molecule has 0 aliphatic carbocycles. The molecule has 114 valence electrons. The van der Waals surface area contributed by atoms with Gasteiger partial charge in [0.1, 0.15) is 5.82 Å². The molecule has 0 saturated carbocycles. The Kier molecular flexibility index (Phi) is 5.80. The van der Waals surface area contributed by atoms with Gasteiger partial charge < -0.3 is 0 Å². The van der Waals surface area contributed by atoms with E-state index in [0.29, 0.717) is 0 Å². The van der Waals surface area contributed by atoms with Crippen LogP contribution in [0.4, 0.5) is 4.39 Å². The summed E-state index contributed by atoms with van der Waals surface area (Å²) in [5.41, 5.74) is 4.87. The summed E-state index contributed by atoms with van der Waals surface area (Å²) in [6.07, 6.45) is 0.747. The van der Waals surface area contributed by atoms with E-state index in [1.165, 1.54) is 12.1 Å². The lowest BCUT2D eigenvalue weighted by molar-refractivity contribution is 0.549. The maximum Gasteiger partial charge on any atom is 0.124 e. The molecular formula is C14H18BrFN4S. The van der Waals surface area contributed by atoms with Crippen LogP contribution in [0.2, 0.25) is 0 Å². The lowest BCUT2D eigenvalue weighted by Crippen LogP contribution is -2.39. The van der Waals surface area contributed by atoms with Gasteiger partial charge in [-0.1, -0.05) is 6.07 Å². The van der Waals surface area contributed by atoms with Gasteiger partial charge in [0.05, 0.1) is 15.9 Å². The Morgan fingerprint density at radius 2 is 2.29 bits per heavy atom. The summed E-state index contributed by atoms with van der Waals surface area (Å²) in [4.78, 5) is 0.899. The zero-order chi connectivity index (χ0) is 15.4. The fourth-order valence-corrected chi connectivity index (χ4v) is 3.53. The minimum atomic E-state index is -0.220. The molecular weight excluding hydrogens is 355 g/mol. The summed E-state index contributed by atoms with van der Waals surface area (Å²) in [6.45, 7) is 1.96. The van der Waals surface area contributed by atoms with Gasteiger partial charge in [-0.05, 0) is 41.1 Å². The van der Waals surface area contributed by atoms with Gasteiger partial charge in [0.25, 0.3) is 0 Å². The Morgan fingerprint density at radius 3 is 2.86 bits per heavy atom. The summed E-state index contributed by atoms with van der Waals surface area (Å²) in [6, 6.07) is 6.65. The first-order valence-electron chi connectivity index (χ1n) is 6.53. The molecule has 0 aliphatic rings. The average Bonchev–Trinajstić information content (AvgIpc) is 2.69. The first kappa shape index (κ1) is 16.5. The monoisotopic (exact) mass is 372 g/mol. The second-order valence-corrected chi connectivity index (χ2v) is 6.69. The number of rotatable bonds is 6. The van der Waals surface area contributed by atoms with Crippen molar-refractivity contribution in [3.63, 3.8) is 0 Å². The van der Waals surface area contributed by atoms with Gasteiger partial charge in [-0.25, -0.2) is 4.39 Å². The van der Waals surface area contributed by atoms with E-state index >= 15 is 0 Å². The zero-order valence-electron chi connectivity index (χ0n) is 11.9. The molecule has 1 atom stereocenters. The van der Waals surface area contributed by atoms with Crippen LogP contribution in [0.5, 0.6) is 0 Å². The highest BCUT2D eigenvalue weighted by Gasteiger charge is 2.16. The van der Waals surface area contributed by atoms with Crippen molar-refractivity contribution in [3.8, 4) is 0 Å². The molecule has 3 N–H and O–H groups in total. The highest BCUT2D eigenvalue weighted by atomic mass is 79.9. The van der Waals surface area contributed by atoms with E-state index < -0.39 is 0 Å². The van der Waals surface area contributed by atoms with Crippen LogP contribution in [0, 0.1) is 12.7 Å². The highest BCUT2D eigenvalue weighted by Crippen LogP contribution is 2.24. The van der Waals surface area contributed by atoms with Gasteiger partial charge >= 0.3 is 0 Å². The van der Waals surface area contributed by atoms with Gasteiger partial charge in [0, 0.05) is 30.2 Å². The minimum absolute atomic E-state index is 0.0735. The highest BCUT2D eigenvalue weighted by molar-refractivity contribution is 9.10. The van der Waals surface area contributed by atoms with E-state index in [1.807, 2.05) is 24.7 Å². The van der Waals surface area contributed by atoms with E-state index in [9.17, 15) is 4.39 Å². The van der Waals surface area contributed by atoms with E-state index in [4.69, 9.17) is 5.84 Å². The summed E-state index contributed by atoms with van der Waals surface area (Å²) < 4.78 is 16.0. The Bertz CT molecular complexity index is 617. The average molecular weight is 373 g/mol. The number of halogens is 2. The SMILES string of the molecule is Cc1nn(C)c(CC(CSc2cccc(F)c2)NN)c1Br. The number of benzene rings is 1. The third-order valence-electron chi connectivity index (χ3n) is 3.18. The number of nitrogens with two attached hydrogens (primary N) is 1. The smallest absolute Gasteiger partial charge is 0.124 e. The van der Waals surface area contributed by atoms with Crippen molar-refractivity contribution in [2.75, 3.05) is 5.75 Å². The molecule has 2 rings (SSSR count). The first-order valence-corrected chi connectivity index (χ1v) is 8.31. The number of hydrogen-bond acceptors (Lipinski definition) is 4. The standard InChI is InChI=1S/C14H18BrFN4S/c1-9-14(15)13(20(2)19-9)7-11(18-17)8-21-12-5-3-4-10(16)6-12/h3-6,11,18H,7-8,17H2,1-2H3. The molecule has 0 saturated heterocycles. The number of aromatic nitrogens is 2. The van der Waals surface area contributed by atoms with Gasteiger partial charge in [0.2, 0.25) is 0 Å². The Morgan fingerprint density at radius 1 is 1.52 bits per heavy atom. The van der Waals surface area contributed by atoms with Gasteiger partial charge in [-0.15, -0.1) is 11.8 Å². The molecule has 21 heavy (non-hydrogen) atoms. The van der Waals surface area contributed by atoms with Crippen molar-refractivity contribution < 1.29 is 4.39 Å². The van der Waals surface area contributed by atoms with Crippen molar-refractivity contribution >= 4 is 27.7 Å². The number of hydrazine groups is 1. The maximum absolute atomic E-state index is 13.2. The van der Waals surface area contributed by atoms with Crippen LogP contribution in [-0.4, -0.2) is 21.6 Å². The third kappa shape index (κ3) is 4.29. The molecule has 1 unspecified atom stereocenters. The number of nitrogens with one attached hydrogen (secondary N) is 1. The van der Waals surface area contributed by atoms with Crippen LogP contribution in [0.3, 0.4) is 0 Å². The second kappa shape index (κ2) is 7.40. The zero-order valence-corrected chi connectivity index (χ0v) is 14.3. The summed E-state index contributed by atoms with van der Waals surface area (Å²) in [5, 5.41) is 4.37. The Balaban J connectivity index is 2.00. The third-order valence-corrected chi connectivity index (χ3v) is 5.37. The quantitative estimate of drug-likeness (QED) is 0.465. The topological polar surface area (TPSA) is 55.9 Å². The number of aryl methyl sites for hydroxylation is 2. The van der Waals surface area contributed by atoms with Crippen molar-refractivity contribution in [1.82, 2.24) is 15.2 Å². The second-order valence-electron chi connectivity index (χ2n) is 4.81. The van der Waals surface area contributed by atoms with E-state index in [2.05, 4.69) is 26.5 Å². The first-order chi connectivity index (χ1) is 10.0. The maximum atomic E-state index is 13.2. The molecule has 1 aromatic heterocycles. The number of thioether (sulfide) groups is 1. The molecule has 0 fully saturated rings. The predicted molar refractivity (Wildman–Crippen MR) is 87.6 cm³/mol. The fourth-order valence-electron chi connectivity index (χ4n) is 2.05. The van der Waals surface area contributed by atoms with Gasteiger partial charge in [0.15, 0.2) is 0 Å². The van der Waals surface area contributed by atoms with Crippen LogP contribution < -0.4 is 11.3 Å². The van der Waals surface area contributed by atoms with Crippen molar-refractivity contribution in [1.29, 1.82) is 0 Å². The van der Waals surface area contributed by atoms with Gasteiger partial charge in [-0.3, -0.25) is 16.0 Å². The largest absolute Gasteiger partial charge is 0.271 e. The summed E-state index contributed by atoms with van der Waals surface area (Å²) >= 11 is 5.13. The van der Waals surface area contributed by atoms with Crippen LogP contribution in [0.1, 0.15) is 11.4 Å². The van der Waals surface area contributed by atoms with E-state index in [1.54, 1.807) is 17.8 Å². The molecule has 4 nitrogen and oxygen atoms in total. The molecule has 2 aromatic rings. The molecule has 0 bridgehead atoms. The van der Waals surface area contributed by atoms with Gasteiger partial charge in [-0.2, -0.15) is 5.10 Å². The fraction of sp³-hybridized carbons (Fsp3) is 0.357. The molecule has 1 aromatic carbocycles. The summed E-state index contributed by atoms with van der Waals surface area (Å²) in [5.74, 6) is 6.17. The summed E-state index contributed by atoms with van der Waals surface area (Å²) in [7, 11) is 1.92. The Labute approximate surface area is 136 Å². The lowest BCUT2D eigenvalue weighted by Gasteiger charge is -2.16. The lowest BCUT2D eigenvalue weighted by atomic mass is 10.2. The van der Waals surface area contributed by atoms with Crippen molar-refractivity contribution in [2.24, 2.45) is 12.9 Å². The molecule has 0 radical (unpaired) electrons. The molecule has 1 heterocycles. The Hall–Kier alpha value is -0.890. The van der Waals surface area contributed by atoms with Crippen LogP contribution in [0.25, 0.3) is 0 Å².